The van der Waals surface area contributed by atoms with Gasteiger partial charge in [-0.3, -0.25) is 9.20 Å². The number of hydrogen-bond donors (Lipinski definition) is 4. The summed E-state index contributed by atoms with van der Waals surface area (Å²) < 4.78 is 2.10. The van der Waals surface area contributed by atoms with Crippen molar-refractivity contribution in [2.45, 2.75) is 31.6 Å². The van der Waals surface area contributed by atoms with Crippen LogP contribution in [0.15, 0.2) is 67.0 Å². The van der Waals surface area contributed by atoms with Crippen LogP contribution in [-0.4, -0.2) is 36.9 Å². The van der Waals surface area contributed by atoms with E-state index in [4.69, 9.17) is 10.7 Å². The molecule has 3 heterocycles. The fraction of sp³-hybridized carbons (Fsp3) is 0.250. The molecule has 3 aromatic heterocycles. The van der Waals surface area contributed by atoms with Crippen molar-refractivity contribution in [2.75, 3.05) is 12.3 Å². The zero-order valence-corrected chi connectivity index (χ0v) is 19.8. The van der Waals surface area contributed by atoms with E-state index in [1.54, 1.807) is 24.4 Å². The number of nitrogens with two attached hydrogens (primary N) is 1. The molecule has 5 aromatic rings. The van der Waals surface area contributed by atoms with Gasteiger partial charge in [0.15, 0.2) is 0 Å². The van der Waals surface area contributed by atoms with Crippen LogP contribution < -0.4 is 11.1 Å². The van der Waals surface area contributed by atoms with Gasteiger partial charge in [-0.1, -0.05) is 24.3 Å². The van der Waals surface area contributed by atoms with Gasteiger partial charge in [-0.15, -0.1) is 0 Å². The van der Waals surface area contributed by atoms with E-state index in [0.717, 1.165) is 59.3 Å². The molecule has 2 aromatic carbocycles. The van der Waals surface area contributed by atoms with Gasteiger partial charge in [0, 0.05) is 41.3 Å². The number of amides is 1. The predicted molar refractivity (Wildman–Crippen MR) is 140 cm³/mol. The maximum atomic E-state index is 12.4. The van der Waals surface area contributed by atoms with Crippen LogP contribution in [0.3, 0.4) is 0 Å². The minimum Gasteiger partial charge on any atom is -0.508 e. The Morgan fingerprint density at radius 2 is 1.94 bits per heavy atom. The Morgan fingerprint density at radius 3 is 2.75 bits per heavy atom. The zero-order valence-electron chi connectivity index (χ0n) is 19.8. The average Bonchev–Trinajstić information content (AvgIpc) is 3.50. The third-order valence-corrected chi connectivity index (χ3v) is 7.27. The zero-order chi connectivity index (χ0) is 24.6. The van der Waals surface area contributed by atoms with Crippen LogP contribution in [0, 0.1) is 5.92 Å². The first-order valence-corrected chi connectivity index (χ1v) is 12.3. The van der Waals surface area contributed by atoms with Crippen LogP contribution in [0.4, 0.5) is 5.82 Å². The highest BCUT2D eigenvalue weighted by molar-refractivity contribution is 5.94. The number of nitrogens with one attached hydrogen (secondary N) is 2. The molecule has 0 aliphatic heterocycles. The lowest BCUT2D eigenvalue weighted by molar-refractivity contribution is 0.0942. The number of H-pyrrole nitrogens is 1. The second kappa shape index (κ2) is 9.03. The van der Waals surface area contributed by atoms with Crippen LogP contribution >= 0.6 is 0 Å². The molecule has 1 aliphatic rings. The number of phenolic OH excluding ortho intramolecular Hbond substituents is 1. The van der Waals surface area contributed by atoms with Crippen molar-refractivity contribution in [2.24, 2.45) is 5.92 Å². The van der Waals surface area contributed by atoms with Crippen molar-refractivity contribution in [1.29, 1.82) is 0 Å². The van der Waals surface area contributed by atoms with Crippen molar-refractivity contribution in [3.8, 4) is 17.1 Å². The van der Waals surface area contributed by atoms with E-state index in [1.807, 2.05) is 18.3 Å². The molecule has 0 radical (unpaired) electrons. The molecule has 0 saturated heterocycles. The number of nitrogens with zero attached hydrogens (tertiary/aromatic N) is 3. The van der Waals surface area contributed by atoms with E-state index in [9.17, 15) is 9.90 Å². The quantitative estimate of drug-likeness (QED) is 0.286. The van der Waals surface area contributed by atoms with Crippen molar-refractivity contribution < 1.29 is 9.90 Å². The second-order valence-electron chi connectivity index (χ2n) is 9.60. The Kier molecular flexibility index (Phi) is 5.56. The molecule has 0 atom stereocenters. The van der Waals surface area contributed by atoms with Crippen LogP contribution in [0.5, 0.6) is 5.75 Å². The Labute approximate surface area is 208 Å². The number of anilines is 1. The fourth-order valence-electron chi connectivity index (χ4n) is 5.37. The Morgan fingerprint density at radius 1 is 1.11 bits per heavy atom. The number of nitrogen functional groups attached to an aromatic ring is 1. The molecular formula is C28H28N6O2. The number of para-hydroxylation sites is 1. The smallest absolute Gasteiger partial charge is 0.251 e. The van der Waals surface area contributed by atoms with Gasteiger partial charge in [-0.05, 0) is 61.9 Å². The van der Waals surface area contributed by atoms with Gasteiger partial charge in [-0.25, -0.2) is 9.97 Å². The SMILES string of the molecule is Nc1nccn2c(C3CCC(CNC(=O)c4cccc(O)c4)CC3)nc(-c3cc4ccccc4[nH]3)c12. The summed E-state index contributed by atoms with van der Waals surface area (Å²) >= 11 is 0. The molecule has 0 bridgehead atoms. The molecule has 5 N–H and O–H groups in total. The van der Waals surface area contributed by atoms with Gasteiger partial charge in [0.25, 0.3) is 5.91 Å². The molecule has 6 rings (SSSR count). The Bertz CT molecular complexity index is 1530. The van der Waals surface area contributed by atoms with Crippen molar-refractivity contribution in [1.82, 2.24) is 24.7 Å². The number of aromatic nitrogens is 4. The summed E-state index contributed by atoms with van der Waals surface area (Å²) in [6.45, 7) is 0.626. The largest absolute Gasteiger partial charge is 0.508 e. The normalized spacial score (nSPS) is 18.0. The number of phenols is 1. The van der Waals surface area contributed by atoms with E-state index in [2.05, 4.69) is 37.9 Å². The Balaban J connectivity index is 1.20. The molecule has 8 nitrogen and oxygen atoms in total. The fourth-order valence-corrected chi connectivity index (χ4v) is 5.37. The predicted octanol–water partition coefficient (Wildman–Crippen LogP) is 4.87. The number of hydrogen-bond acceptors (Lipinski definition) is 5. The summed E-state index contributed by atoms with van der Waals surface area (Å²) in [5, 5.41) is 13.8. The first-order valence-electron chi connectivity index (χ1n) is 12.3. The minimum absolute atomic E-state index is 0.0951. The Hall–Kier alpha value is -4.33. The number of aromatic amines is 1. The minimum atomic E-state index is -0.154. The number of benzene rings is 2. The number of carbonyl (C=O) groups excluding carboxylic acids is 1. The monoisotopic (exact) mass is 480 g/mol. The molecular weight excluding hydrogens is 452 g/mol. The number of rotatable bonds is 5. The van der Waals surface area contributed by atoms with E-state index in [1.165, 1.54) is 6.07 Å². The lowest BCUT2D eigenvalue weighted by Crippen LogP contribution is -2.31. The first kappa shape index (κ1) is 22.2. The molecule has 0 unspecified atom stereocenters. The number of carbonyl (C=O) groups is 1. The molecule has 1 amide bonds. The third kappa shape index (κ3) is 4.04. The summed E-state index contributed by atoms with van der Waals surface area (Å²) in [5.74, 6) is 2.13. The number of imidazole rings is 1. The highest BCUT2D eigenvalue weighted by Crippen LogP contribution is 2.38. The lowest BCUT2D eigenvalue weighted by Gasteiger charge is -2.28. The third-order valence-electron chi connectivity index (χ3n) is 7.27. The lowest BCUT2D eigenvalue weighted by atomic mass is 9.81. The van der Waals surface area contributed by atoms with Gasteiger partial charge < -0.3 is 21.1 Å². The molecule has 182 valence electrons. The second-order valence-corrected chi connectivity index (χ2v) is 9.60. The molecule has 0 spiro atoms. The van der Waals surface area contributed by atoms with Gasteiger partial charge >= 0.3 is 0 Å². The maximum Gasteiger partial charge on any atom is 0.251 e. The van der Waals surface area contributed by atoms with Crippen LogP contribution in [0.1, 0.15) is 47.8 Å². The van der Waals surface area contributed by atoms with E-state index in [0.29, 0.717) is 29.8 Å². The van der Waals surface area contributed by atoms with Crippen LogP contribution in [0.25, 0.3) is 27.8 Å². The first-order chi connectivity index (χ1) is 17.6. The highest BCUT2D eigenvalue weighted by Gasteiger charge is 2.28. The molecule has 1 aliphatic carbocycles. The number of fused-ring (bicyclic) bond motifs is 2. The van der Waals surface area contributed by atoms with Crippen LogP contribution in [0.2, 0.25) is 0 Å². The van der Waals surface area contributed by atoms with Gasteiger partial charge in [0.1, 0.15) is 28.6 Å². The van der Waals surface area contributed by atoms with Gasteiger partial charge in [0.05, 0.1) is 5.69 Å². The molecule has 1 saturated carbocycles. The summed E-state index contributed by atoms with van der Waals surface area (Å²) in [6.07, 6.45) is 7.65. The number of aromatic hydroxyl groups is 1. The van der Waals surface area contributed by atoms with Crippen molar-refractivity contribution in [3.63, 3.8) is 0 Å². The maximum absolute atomic E-state index is 12.4. The topological polar surface area (TPSA) is 121 Å². The van der Waals surface area contributed by atoms with Gasteiger partial charge in [0.2, 0.25) is 0 Å². The molecule has 8 heteroatoms. The summed E-state index contributed by atoms with van der Waals surface area (Å²) in [5.41, 5.74) is 10.5. The van der Waals surface area contributed by atoms with E-state index < -0.39 is 0 Å². The molecule has 36 heavy (non-hydrogen) atoms. The molecule has 1 fully saturated rings. The van der Waals surface area contributed by atoms with Crippen LogP contribution in [-0.2, 0) is 0 Å². The van der Waals surface area contributed by atoms with E-state index in [-0.39, 0.29) is 11.7 Å². The standard InChI is InChI=1S/C28H28N6O2/c29-26-25-24(23-15-19-4-1-2-7-22(19)32-23)33-27(34(25)13-12-30-26)18-10-8-17(9-11-18)16-31-28(36)20-5-3-6-21(35)14-20/h1-7,12-15,17-18,32,35H,8-11,16H2,(H2,29,30)(H,31,36). The van der Waals surface area contributed by atoms with E-state index >= 15 is 0 Å². The summed E-state index contributed by atoms with van der Waals surface area (Å²) in [7, 11) is 0. The van der Waals surface area contributed by atoms with Crippen molar-refractivity contribution in [3.05, 3.63) is 78.4 Å². The highest BCUT2D eigenvalue weighted by atomic mass is 16.3. The summed E-state index contributed by atoms with van der Waals surface area (Å²) in [6, 6.07) is 16.7. The average molecular weight is 481 g/mol. The van der Waals surface area contributed by atoms with Crippen molar-refractivity contribution >= 4 is 28.1 Å². The summed E-state index contributed by atoms with van der Waals surface area (Å²) in [4.78, 5) is 25.4. The van der Waals surface area contributed by atoms with Gasteiger partial charge in [-0.2, -0.15) is 0 Å².